The molecule has 7 nitrogen and oxygen atoms in total. The molecule has 27 heavy (non-hydrogen) atoms. The van der Waals surface area contributed by atoms with Crippen LogP contribution in [0.25, 0.3) is 0 Å². The Hall–Kier alpha value is -1.61. The summed E-state index contributed by atoms with van der Waals surface area (Å²) in [4.78, 5) is 14.5. The number of aryl methyl sites for hydroxylation is 2. The van der Waals surface area contributed by atoms with Crippen molar-refractivity contribution in [3.05, 3.63) is 45.3 Å². The van der Waals surface area contributed by atoms with Gasteiger partial charge in [-0.25, -0.2) is 8.42 Å². The van der Waals surface area contributed by atoms with Gasteiger partial charge in [-0.3, -0.25) is 4.79 Å². The summed E-state index contributed by atoms with van der Waals surface area (Å²) in [6.07, 6.45) is 0.506. The smallest absolute Gasteiger partial charge is 0.255 e. The van der Waals surface area contributed by atoms with Crippen LogP contribution in [0.2, 0.25) is 10.0 Å². The van der Waals surface area contributed by atoms with E-state index in [2.05, 4.69) is 5.16 Å². The summed E-state index contributed by atoms with van der Waals surface area (Å²) in [5, 5.41) is 4.24. The lowest BCUT2D eigenvalue weighted by atomic mass is 10.2. The zero-order valence-electron chi connectivity index (χ0n) is 14.9. The molecular weight excluding hydrogens is 413 g/mol. The quantitative estimate of drug-likeness (QED) is 0.744. The van der Waals surface area contributed by atoms with Crippen molar-refractivity contribution in [1.82, 2.24) is 14.4 Å². The summed E-state index contributed by atoms with van der Waals surface area (Å²) in [5.74, 6) is -0.00512. The lowest BCUT2D eigenvalue weighted by Crippen LogP contribution is -2.37. The molecule has 1 aromatic carbocycles. The second kappa shape index (κ2) is 7.79. The first kappa shape index (κ1) is 20.1. The van der Waals surface area contributed by atoms with Gasteiger partial charge in [-0.1, -0.05) is 34.4 Å². The number of nitrogens with zero attached hydrogens (tertiary/aromatic N) is 3. The first-order chi connectivity index (χ1) is 12.7. The van der Waals surface area contributed by atoms with Crippen LogP contribution < -0.4 is 0 Å². The lowest BCUT2D eigenvalue weighted by Gasteiger charge is -2.22. The highest BCUT2D eigenvalue weighted by molar-refractivity contribution is 7.89. The van der Waals surface area contributed by atoms with Crippen LogP contribution in [-0.2, 0) is 10.0 Å². The molecule has 1 aliphatic heterocycles. The normalized spacial score (nSPS) is 16.4. The van der Waals surface area contributed by atoms with E-state index in [1.54, 1.807) is 36.9 Å². The van der Waals surface area contributed by atoms with Crippen molar-refractivity contribution in [2.24, 2.45) is 0 Å². The van der Waals surface area contributed by atoms with E-state index in [0.717, 1.165) is 0 Å². The number of amides is 1. The summed E-state index contributed by atoms with van der Waals surface area (Å²) in [6.45, 7) is 4.33. The Balaban J connectivity index is 1.80. The number of hydrogen-bond donors (Lipinski definition) is 0. The number of benzene rings is 1. The molecule has 1 fully saturated rings. The molecule has 0 unspecified atom stereocenters. The van der Waals surface area contributed by atoms with Gasteiger partial charge >= 0.3 is 0 Å². The van der Waals surface area contributed by atoms with Crippen LogP contribution in [0.1, 0.15) is 28.2 Å². The fraction of sp³-hybridized carbons (Fsp3) is 0.412. The SMILES string of the molecule is Cc1noc(C)c1S(=O)(=O)N1CCCN(C(=O)c2cccc(Cl)c2Cl)CC1. The molecule has 2 aromatic rings. The Kier molecular flexibility index (Phi) is 5.81. The Labute approximate surface area is 167 Å². The Morgan fingerprint density at radius 2 is 1.89 bits per heavy atom. The summed E-state index contributed by atoms with van der Waals surface area (Å²) >= 11 is 12.1. The molecule has 0 N–H and O–H groups in total. The van der Waals surface area contributed by atoms with E-state index in [1.807, 2.05) is 0 Å². The predicted octanol–water partition coefficient (Wildman–Crippen LogP) is 3.14. The summed E-state index contributed by atoms with van der Waals surface area (Å²) in [7, 11) is -3.74. The third kappa shape index (κ3) is 3.85. The maximum absolute atomic E-state index is 13.0. The summed E-state index contributed by atoms with van der Waals surface area (Å²) in [6, 6.07) is 4.88. The van der Waals surface area contributed by atoms with Crippen molar-refractivity contribution >= 4 is 39.1 Å². The maximum Gasteiger partial charge on any atom is 0.255 e. The number of hydrogen-bond acceptors (Lipinski definition) is 5. The Morgan fingerprint density at radius 1 is 1.15 bits per heavy atom. The third-order valence-electron chi connectivity index (χ3n) is 4.49. The minimum absolute atomic E-state index is 0.0974. The highest BCUT2D eigenvalue weighted by atomic mass is 35.5. The lowest BCUT2D eigenvalue weighted by molar-refractivity contribution is 0.0764. The van der Waals surface area contributed by atoms with E-state index in [4.69, 9.17) is 27.7 Å². The monoisotopic (exact) mass is 431 g/mol. The van der Waals surface area contributed by atoms with Gasteiger partial charge in [-0.05, 0) is 32.4 Å². The zero-order chi connectivity index (χ0) is 19.8. The van der Waals surface area contributed by atoms with Crippen LogP contribution in [0, 0.1) is 13.8 Å². The molecule has 3 rings (SSSR count). The largest absolute Gasteiger partial charge is 0.360 e. The second-order valence-electron chi connectivity index (χ2n) is 6.30. The van der Waals surface area contributed by atoms with Gasteiger partial charge in [-0.15, -0.1) is 0 Å². The molecule has 0 radical (unpaired) electrons. The fourth-order valence-corrected chi connectivity index (χ4v) is 5.29. The molecule has 0 saturated carbocycles. The van der Waals surface area contributed by atoms with Crippen LogP contribution in [-0.4, -0.2) is 54.9 Å². The minimum atomic E-state index is -3.74. The maximum atomic E-state index is 13.0. The van der Waals surface area contributed by atoms with E-state index in [0.29, 0.717) is 35.8 Å². The summed E-state index contributed by atoms with van der Waals surface area (Å²) in [5.41, 5.74) is 0.640. The van der Waals surface area contributed by atoms with E-state index in [9.17, 15) is 13.2 Å². The number of carbonyl (C=O) groups excluding carboxylic acids is 1. The van der Waals surface area contributed by atoms with Gasteiger partial charge in [-0.2, -0.15) is 4.31 Å². The molecule has 0 spiro atoms. The van der Waals surface area contributed by atoms with E-state index in [-0.39, 0.29) is 34.7 Å². The first-order valence-electron chi connectivity index (χ1n) is 8.39. The first-order valence-corrected chi connectivity index (χ1v) is 10.6. The van der Waals surface area contributed by atoms with Crippen LogP contribution in [0.5, 0.6) is 0 Å². The number of rotatable bonds is 3. The van der Waals surface area contributed by atoms with Gasteiger partial charge in [0.05, 0.1) is 15.6 Å². The van der Waals surface area contributed by atoms with Crippen LogP contribution >= 0.6 is 23.2 Å². The number of aromatic nitrogens is 1. The van der Waals surface area contributed by atoms with E-state index in [1.165, 1.54) is 4.31 Å². The third-order valence-corrected chi connectivity index (χ3v) is 7.45. The number of halogens is 2. The van der Waals surface area contributed by atoms with Crippen molar-refractivity contribution < 1.29 is 17.7 Å². The van der Waals surface area contributed by atoms with Gasteiger partial charge in [0.15, 0.2) is 5.76 Å². The molecule has 146 valence electrons. The van der Waals surface area contributed by atoms with Gasteiger partial charge in [0, 0.05) is 26.2 Å². The molecule has 2 heterocycles. The highest BCUT2D eigenvalue weighted by Gasteiger charge is 2.33. The van der Waals surface area contributed by atoms with Gasteiger partial charge in [0.1, 0.15) is 10.6 Å². The van der Waals surface area contributed by atoms with Crippen molar-refractivity contribution in [2.75, 3.05) is 26.2 Å². The summed E-state index contributed by atoms with van der Waals surface area (Å²) < 4.78 is 32.3. The highest BCUT2D eigenvalue weighted by Crippen LogP contribution is 2.28. The molecule has 0 aliphatic carbocycles. The van der Waals surface area contributed by atoms with Gasteiger partial charge in [0.25, 0.3) is 5.91 Å². The molecule has 1 saturated heterocycles. The molecule has 1 amide bonds. The van der Waals surface area contributed by atoms with Crippen LogP contribution in [0.4, 0.5) is 0 Å². The second-order valence-corrected chi connectivity index (χ2v) is 8.96. The van der Waals surface area contributed by atoms with E-state index >= 15 is 0 Å². The Bertz CT molecular complexity index is 955. The predicted molar refractivity (Wildman–Crippen MR) is 102 cm³/mol. The molecule has 0 bridgehead atoms. The molecule has 0 atom stereocenters. The van der Waals surface area contributed by atoms with Crippen molar-refractivity contribution in [3.8, 4) is 0 Å². The van der Waals surface area contributed by atoms with Gasteiger partial charge < -0.3 is 9.42 Å². The fourth-order valence-electron chi connectivity index (χ4n) is 3.15. The average molecular weight is 432 g/mol. The molecule has 1 aromatic heterocycles. The van der Waals surface area contributed by atoms with E-state index < -0.39 is 10.0 Å². The number of carbonyl (C=O) groups is 1. The molecule has 1 aliphatic rings. The van der Waals surface area contributed by atoms with Gasteiger partial charge in [0.2, 0.25) is 10.0 Å². The zero-order valence-corrected chi connectivity index (χ0v) is 17.2. The van der Waals surface area contributed by atoms with Crippen LogP contribution in [0.3, 0.4) is 0 Å². The van der Waals surface area contributed by atoms with Crippen LogP contribution in [0.15, 0.2) is 27.6 Å². The standard InChI is InChI=1S/C17H19Cl2N3O4S/c1-11-16(12(2)26-20-11)27(24,25)22-8-4-7-21(9-10-22)17(23)13-5-3-6-14(18)15(13)19/h3,5-6H,4,7-10H2,1-2H3. The van der Waals surface area contributed by atoms with Crippen molar-refractivity contribution in [3.63, 3.8) is 0 Å². The Morgan fingerprint density at radius 3 is 2.56 bits per heavy atom. The topological polar surface area (TPSA) is 83.7 Å². The minimum Gasteiger partial charge on any atom is -0.360 e. The molecular formula is C17H19Cl2N3O4S. The molecule has 10 heteroatoms. The number of sulfonamides is 1. The van der Waals surface area contributed by atoms with Crippen molar-refractivity contribution in [2.45, 2.75) is 25.2 Å². The average Bonchev–Trinajstić information content (AvgIpc) is 2.83. The van der Waals surface area contributed by atoms with Crippen molar-refractivity contribution in [1.29, 1.82) is 0 Å².